The fraction of sp³-hybridized carbons (Fsp3) is 0.125. The van der Waals surface area contributed by atoms with E-state index < -0.39 is 15.9 Å². The number of rotatable bonds is 6. The fourth-order valence-electron chi connectivity index (χ4n) is 1.78. The van der Waals surface area contributed by atoms with Gasteiger partial charge in [0.2, 0.25) is 5.91 Å². The number of hydrogen-bond donors (Lipinski definition) is 1. The quantitative estimate of drug-likeness (QED) is 0.849. The van der Waals surface area contributed by atoms with Gasteiger partial charge in [-0.3, -0.25) is 4.79 Å². The number of amides is 1. The zero-order valence-corrected chi connectivity index (χ0v) is 14.0. The Morgan fingerprint density at radius 2 is 1.83 bits per heavy atom. The molecule has 0 aliphatic rings. The molecule has 8 heteroatoms. The molecule has 2 rings (SSSR count). The van der Waals surface area contributed by atoms with Crippen molar-refractivity contribution in [2.45, 2.75) is 11.3 Å². The molecule has 1 N–H and O–H groups in total. The van der Waals surface area contributed by atoms with Gasteiger partial charge >= 0.3 is 0 Å². The summed E-state index contributed by atoms with van der Waals surface area (Å²) in [7, 11) is -3.98. The molecule has 0 radical (unpaired) electrons. The monoisotopic (exact) mass is 364 g/mol. The summed E-state index contributed by atoms with van der Waals surface area (Å²) >= 11 is 5.91. The summed E-state index contributed by atoms with van der Waals surface area (Å²) in [6.07, 6.45) is -0.152. The van der Waals surface area contributed by atoms with Gasteiger partial charge in [0.05, 0.1) is 34.6 Å². The number of carbonyl (C=O) groups excluding carboxylic acids is 1. The largest absolute Gasteiger partial charge is 0.491 e. The second-order valence-electron chi connectivity index (χ2n) is 4.69. The van der Waals surface area contributed by atoms with Gasteiger partial charge in [0.15, 0.2) is 0 Å². The van der Waals surface area contributed by atoms with Crippen LogP contribution in [0.15, 0.2) is 53.4 Å². The van der Waals surface area contributed by atoms with Gasteiger partial charge in [-0.2, -0.15) is 5.26 Å². The molecule has 6 nitrogen and oxygen atoms in total. The van der Waals surface area contributed by atoms with E-state index in [1.807, 2.05) is 10.8 Å². The van der Waals surface area contributed by atoms with Crippen LogP contribution in [0.4, 0.5) is 0 Å². The number of nitriles is 1. The van der Waals surface area contributed by atoms with Gasteiger partial charge in [0.25, 0.3) is 10.0 Å². The molecule has 0 fully saturated rings. The van der Waals surface area contributed by atoms with E-state index in [4.69, 9.17) is 21.6 Å². The lowest BCUT2D eigenvalue weighted by Crippen LogP contribution is -2.31. The number of hydrogen-bond acceptors (Lipinski definition) is 5. The van der Waals surface area contributed by atoms with E-state index in [1.165, 1.54) is 24.3 Å². The van der Waals surface area contributed by atoms with E-state index in [9.17, 15) is 13.2 Å². The van der Waals surface area contributed by atoms with Gasteiger partial charge in [-0.25, -0.2) is 13.1 Å². The third-order valence-corrected chi connectivity index (χ3v) is 4.67. The molecular formula is C16H13ClN2O4S. The second kappa shape index (κ2) is 7.81. The van der Waals surface area contributed by atoms with Crippen LogP contribution in [-0.2, 0) is 14.8 Å². The number of benzene rings is 2. The molecule has 0 heterocycles. The highest BCUT2D eigenvalue weighted by molar-refractivity contribution is 7.90. The molecule has 0 aliphatic heterocycles. The van der Waals surface area contributed by atoms with Crippen molar-refractivity contribution in [3.63, 3.8) is 0 Å². The highest BCUT2D eigenvalue weighted by Crippen LogP contribution is 2.23. The Bertz CT molecular complexity index is 874. The van der Waals surface area contributed by atoms with E-state index >= 15 is 0 Å². The van der Waals surface area contributed by atoms with E-state index in [-0.39, 0.29) is 17.9 Å². The zero-order chi connectivity index (χ0) is 17.6. The molecule has 0 atom stereocenters. The Morgan fingerprint density at radius 3 is 2.46 bits per heavy atom. The average Bonchev–Trinajstić information content (AvgIpc) is 2.56. The summed E-state index contributed by atoms with van der Waals surface area (Å²) in [6.45, 7) is -0.0154. The van der Waals surface area contributed by atoms with E-state index in [0.29, 0.717) is 16.3 Å². The predicted octanol–water partition coefficient (Wildman–Crippen LogP) is 2.49. The first-order valence-electron chi connectivity index (χ1n) is 6.85. The topological polar surface area (TPSA) is 96.3 Å². The highest BCUT2D eigenvalue weighted by atomic mass is 35.5. The van der Waals surface area contributed by atoms with Gasteiger partial charge in [0, 0.05) is 0 Å². The fourth-order valence-corrected chi connectivity index (χ4v) is 2.99. The van der Waals surface area contributed by atoms with Crippen LogP contribution in [-0.4, -0.2) is 20.9 Å². The van der Waals surface area contributed by atoms with E-state index in [0.717, 1.165) is 0 Å². The lowest BCUT2D eigenvalue weighted by atomic mass is 10.2. The van der Waals surface area contributed by atoms with E-state index in [2.05, 4.69) is 0 Å². The Hall–Kier alpha value is -2.56. The number of nitrogens with one attached hydrogen (secondary N) is 1. The van der Waals surface area contributed by atoms with Crippen LogP contribution in [0, 0.1) is 11.3 Å². The summed E-state index contributed by atoms with van der Waals surface area (Å²) in [4.78, 5) is 11.7. The molecule has 0 spiro atoms. The van der Waals surface area contributed by atoms with Crippen LogP contribution in [0.1, 0.15) is 12.0 Å². The Kier molecular flexibility index (Phi) is 5.79. The lowest BCUT2D eigenvalue weighted by Gasteiger charge is -2.09. The van der Waals surface area contributed by atoms with Gasteiger partial charge < -0.3 is 4.74 Å². The van der Waals surface area contributed by atoms with Crippen LogP contribution >= 0.6 is 11.6 Å². The van der Waals surface area contributed by atoms with Crippen molar-refractivity contribution in [2.75, 3.05) is 6.61 Å². The molecule has 0 unspecified atom stereocenters. The second-order valence-corrected chi connectivity index (χ2v) is 6.78. The van der Waals surface area contributed by atoms with E-state index in [1.54, 1.807) is 24.3 Å². The molecule has 2 aromatic rings. The molecule has 0 bridgehead atoms. The number of nitrogens with zero attached hydrogens (tertiary/aromatic N) is 1. The van der Waals surface area contributed by atoms with Gasteiger partial charge in [-0.15, -0.1) is 0 Å². The van der Waals surface area contributed by atoms with Crippen molar-refractivity contribution in [3.8, 4) is 11.8 Å². The smallest absolute Gasteiger partial charge is 0.264 e. The Balaban J connectivity index is 1.91. The van der Waals surface area contributed by atoms with Gasteiger partial charge in [0.1, 0.15) is 5.75 Å². The number of ether oxygens (including phenoxy) is 1. The minimum Gasteiger partial charge on any atom is -0.491 e. The first kappa shape index (κ1) is 17.8. The summed E-state index contributed by atoms with van der Waals surface area (Å²) < 4.78 is 31.4. The molecular weight excluding hydrogens is 352 g/mol. The molecule has 0 aromatic heterocycles. The van der Waals surface area contributed by atoms with Crippen molar-refractivity contribution in [1.82, 2.24) is 4.72 Å². The molecule has 24 heavy (non-hydrogen) atoms. The van der Waals surface area contributed by atoms with Crippen LogP contribution in [0.25, 0.3) is 0 Å². The minimum absolute atomic E-state index is 0.0154. The highest BCUT2D eigenvalue weighted by Gasteiger charge is 2.17. The van der Waals surface area contributed by atoms with Crippen LogP contribution in [0.5, 0.6) is 5.75 Å². The molecule has 1 amide bonds. The van der Waals surface area contributed by atoms with Gasteiger partial charge in [-0.1, -0.05) is 23.7 Å². The summed E-state index contributed by atoms with van der Waals surface area (Å²) in [5.41, 5.74) is 0.327. The minimum atomic E-state index is -3.98. The molecule has 0 saturated carbocycles. The molecule has 2 aromatic carbocycles. The maximum Gasteiger partial charge on any atom is 0.264 e. The number of para-hydroxylation sites is 1. The van der Waals surface area contributed by atoms with Crippen molar-refractivity contribution < 1.29 is 17.9 Å². The molecule has 0 aliphatic carbocycles. The Morgan fingerprint density at radius 1 is 1.17 bits per heavy atom. The van der Waals surface area contributed by atoms with Crippen molar-refractivity contribution in [2.24, 2.45) is 0 Å². The predicted molar refractivity (Wildman–Crippen MR) is 88.0 cm³/mol. The van der Waals surface area contributed by atoms with Crippen LogP contribution < -0.4 is 9.46 Å². The average molecular weight is 365 g/mol. The lowest BCUT2D eigenvalue weighted by molar-refractivity contribution is -0.119. The zero-order valence-electron chi connectivity index (χ0n) is 12.4. The molecule has 124 valence electrons. The SMILES string of the molecule is N#Cc1ccc(S(=O)(=O)NC(=O)CCOc2ccccc2Cl)cc1. The van der Waals surface area contributed by atoms with Crippen molar-refractivity contribution >= 4 is 27.5 Å². The number of halogens is 1. The summed E-state index contributed by atoms with van der Waals surface area (Å²) in [5.74, 6) is -0.284. The maximum atomic E-state index is 12.1. The van der Waals surface area contributed by atoms with Crippen molar-refractivity contribution in [3.05, 3.63) is 59.1 Å². The first-order chi connectivity index (χ1) is 11.4. The number of carbonyl (C=O) groups is 1. The molecule has 0 saturated heterocycles. The third-order valence-electron chi connectivity index (χ3n) is 2.97. The Labute approximate surface area is 144 Å². The van der Waals surface area contributed by atoms with Crippen LogP contribution in [0.3, 0.4) is 0 Å². The third kappa shape index (κ3) is 4.72. The summed E-state index contributed by atoms with van der Waals surface area (Å²) in [6, 6.07) is 13.9. The normalized spacial score (nSPS) is 10.7. The maximum absolute atomic E-state index is 12.1. The number of sulfonamides is 1. The van der Waals surface area contributed by atoms with Gasteiger partial charge in [-0.05, 0) is 36.4 Å². The summed E-state index contributed by atoms with van der Waals surface area (Å²) in [5, 5.41) is 9.10. The van der Waals surface area contributed by atoms with Crippen LogP contribution in [0.2, 0.25) is 5.02 Å². The first-order valence-corrected chi connectivity index (χ1v) is 8.71. The standard InChI is InChI=1S/C16H13ClN2O4S/c17-14-3-1-2-4-15(14)23-10-9-16(20)19-24(21,22)13-7-5-12(11-18)6-8-13/h1-8H,9-10H2,(H,19,20). The van der Waals surface area contributed by atoms with Crippen molar-refractivity contribution in [1.29, 1.82) is 5.26 Å².